The Hall–Kier alpha value is -0.860. The number of hydrogen-bond donors (Lipinski definition) is 2. The third-order valence-electron chi connectivity index (χ3n) is 5.20. The summed E-state index contributed by atoms with van der Waals surface area (Å²) in [6, 6.07) is 8.77. The van der Waals surface area contributed by atoms with E-state index in [4.69, 9.17) is 0 Å². The third kappa shape index (κ3) is 2.32. The van der Waals surface area contributed by atoms with E-state index in [-0.39, 0.29) is 0 Å². The fourth-order valence-corrected chi connectivity index (χ4v) is 3.59. The molecule has 104 valence electrons. The van der Waals surface area contributed by atoms with Crippen LogP contribution in [0.4, 0.5) is 0 Å². The Kier molecular flexibility index (Phi) is 3.64. The predicted octanol–water partition coefficient (Wildman–Crippen LogP) is 3.16. The van der Waals surface area contributed by atoms with Crippen molar-refractivity contribution in [1.82, 2.24) is 5.32 Å². The van der Waals surface area contributed by atoms with Crippen molar-refractivity contribution in [2.24, 2.45) is 5.92 Å². The van der Waals surface area contributed by atoms with Gasteiger partial charge in [0.25, 0.3) is 0 Å². The molecule has 1 aromatic rings. The van der Waals surface area contributed by atoms with Crippen molar-refractivity contribution < 1.29 is 5.11 Å². The van der Waals surface area contributed by atoms with Gasteiger partial charge in [-0.2, -0.15) is 0 Å². The predicted molar refractivity (Wildman–Crippen MR) is 78.2 cm³/mol. The Balaban J connectivity index is 1.90. The third-order valence-corrected chi connectivity index (χ3v) is 5.20. The molecule has 0 amide bonds. The average molecular weight is 259 g/mol. The smallest absolute Gasteiger partial charge is 0.0948 e. The molecule has 1 saturated carbocycles. The molecular weight excluding hydrogens is 234 g/mol. The maximum atomic E-state index is 11.2. The van der Waals surface area contributed by atoms with Gasteiger partial charge < -0.3 is 10.4 Å². The minimum absolute atomic E-state index is 0.331. The zero-order valence-electron chi connectivity index (χ0n) is 11.9. The molecule has 1 saturated heterocycles. The van der Waals surface area contributed by atoms with Crippen molar-refractivity contribution in [3.8, 4) is 0 Å². The SMILES string of the molecule is CCC1CNCCC1(O)c1cccc(C2CCC2)c1. The molecule has 19 heavy (non-hydrogen) atoms. The van der Waals surface area contributed by atoms with Crippen LogP contribution < -0.4 is 5.32 Å². The highest BCUT2D eigenvalue weighted by Crippen LogP contribution is 2.41. The highest BCUT2D eigenvalue weighted by molar-refractivity contribution is 5.32. The summed E-state index contributed by atoms with van der Waals surface area (Å²) in [6.07, 6.45) is 5.86. The van der Waals surface area contributed by atoms with Crippen molar-refractivity contribution in [2.45, 2.75) is 50.5 Å². The molecule has 2 heteroatoms. The van der Waals surface area contributed by atoms with Gasteiger partial charge in [0.2, 0.25) is 0 Å². The molecule has 1 heterocycles. The molecule has 0 aromatic heterocycles. The summed E-state index contributed by atoms with van der Waals surface area (Å²) in [5.74, 6) is 1.07. The molecule has 2 fully saturated rings. The lowest BCUT2D eigenvalue weighted by Gasteiger charge is -2.41. The van der Waals surface area contributed by atoms with Crippen molar-refractivity contribution in [1.29, 1.82) is 0 Å². The highest BCUT2D eigenvalue weighted by Gasteiger charge is 2.39. The Labute approximate surface area is 116 Å². The van der Waals surface area contributed by atoms with Gasteiger partial charge in [-0.3, -0.25) is 0 Å². The summed E-state index contributed by atoms with van der Waals surface area (Å²) >= 11 is 0. The van der Waals surface area contributed by atoms with Gasteiger partial charge in [-0.15, -0.1) is 0 Å². The largest absolute Gasteiger partial charge is 0.385 e. The summed E-state index contributed by atoms with van der Waals surface area (Å²) in [7, 11) is 0. The van der Waals surface area contributed by atoms with Crippen LogP contribution in [0.3, 0.4) is 0 Å². The minimum Gasteiger partial charge on any atom is -0.385 e. The van der Waals surface area contributed by atoms with Crippen LogP contribution in [0.1, 0.15) is 56.1 Å². The number of piperidine rings is 1. The number of hydrogen-bond acceptors (Lipinski definition) is 2. The van der Waals surface area contributed by atoms with Crippen LogP contribution in [-0.4, -0.2) is 18.2 Å². The Morgan fingerprint density at radius 3 is 2.89 bits per heavy atom. The van der Waals surface area contributed by atoms with Crippen LogP contribution in [-0.2, 0) is 5.60 Å². The normalized spacial score (nSPS) is 32.0. The molecule has 2 aliphatic rings. The molecule has 1 aromatic carbocycles. The van der Waals surface area contributed by atoms with Crippen LogP contribution in [0.15, 0.2) is 24.3 Å². The van der Waals surface area contributed by atoms with Gasteiger partial charge in [-0.25, -0.2) is 0 Å². The molecule has 2 atom stereocenters. The average Bonchev–Trinajstić information content (AvgIpc) is 2.38. The second kappa shape index (κ2) is 5.26. The zero-order chi connectivity index (χ0) is 13.3. The van der Waals surface area contributed by atoms with Gasteiger partial charge in [0.1, 0.15) is 0 Å². The van der Waals surface area contributed by atoms with Crippen LogP contribution >= 0.6 is 0 Å². The molecule has 0 radical (unpaired) electrons. The van der Waals surface area contributed by atoms with E-state index in [0.29, 0.717) is 5.92 Å². The molecule has 2 unspecified atom stereocenters. The van der Waals surface area contributed by atoms with Gasteiger partial charge in [-0.1, -0.05) is 37.6 Å². The van der Waals surface area contributed by atoms with Gasteiger partial charge in [-0.05, 0) is 49.3 Å². The fraction of sp³-hybridized carbons (Fsp3) is 0.647. The lowest BCUT2D eigenvalue weighted by atomic mass is 9.73. The monoisotopic (exact) mass is 259 g/mol. The topological polar surface area (TPSA) is 32.3 Å². The van der Waals surface area contributed by atoms with Gasteiger partial charge in [0.05, 0.1) is 5.60 Å². The van der Waals surface area contributed by atoms with Crippen molar-refractivity contribution in [3.63, 3.8) is 0 Å². The van der Waals surface area contributed by atoms with Gasteiger partial charge in [0, 0.05) is 12.5 Å². The first kappa shape index (κ1) is 13.1. The molecule has 1 aliphatic heterocycles. The molecule has 2 N–H and O–H groups in total. The molecule has 2 nitrogen and oxygen atoms in total. The molecule has 0 spiro atoms. The quantitative estimate of drug-likeness (QED) is 0.874. The first-order valence-corrected chi connectivity index (χ1v) is 7.77. The summed E-state index contributed by atoms with van der Waals surface area (Å²) in [6.45, 7) is 4.03. The fourth-order valence-electron chi connectivity index (χ4n) is 3.59. The Morgan fingerprint density at radius 2 is 2.21 bits per heavy atom. The molecule has 1 aliphatic carbocycles. The maximum absolute atomic E-state index is 11.2. The highest BCUT2D eigenvalue weighted by atomic mass is 16.3. The minimum atomic E-state index is -0.625. The number of aliphatic hydroxyl groups is 1. The zero-order valence-corrected chi connectivity index (χ0v) is 11.9. The van der Waals surface area contributed by atoms with Gasteiger partial charge in [0.15, 0.2) is 0 Å². The number of benzene rings is 1. The van der Waals surface area contributed by atoms with Crippen LogP contribution in [0.2, 0.25) is 0 Å². The van der Waals surface area contributed by atoms with Crippen LogP contribution in [0, 0.1) is 5.92 Å². The Bertz CT molecular complexity index is 441. The van der Waals surface area contributed by atoms with E-state index in [0.717, 1.165) is 37.4 Å². The van der Waals surface area contributed by atoms with E-state index in [1.165, 1.54) is 24.8 Å². The summed E-state index contributed by atoms with van der Waals surface area (Å²) < 4.78 is 0. The van der Waals surface area contributed by atoms with E-state index in [1.54, 1.807) is 0 Å². The summed E-state index contributed by atoms with van der Waals surface area (Å²) in [5.41, 5.74) is 1.95. The van der Waals surface area contributed by atoms with Crippen molar-refractivity contribution in [2.75, 3.05) is 13.1 Å². The van der Waals surface area contributed by atoms with Crippen molar-refractivity contribution >= 4 is 0 Å². The summed E-state index contributed by atoms with van der Waals surface area (Å²) in [4.78, 5) is 0. The standard InChI is InChI=1S/C17H25NO/c1-2-15-12-18-10-9-17(15,19)16-8-4-7-14(11-16)13-5-3-6-13/h4,7-8,11,13,15,18-19H,2-3,5-6,9-10,12H2,1H3. The van der Waals surface area contributed by atoms with E-state index >= 15 is 0 Å². The van der Waals surface area contributed by atoms with Crippen molar-refractivity contribution in [3.05, 3.63) is 35.4 Å². The number of rotatable bonds is 3. The first-order valence-electron chi connectivity index (χ1n) is 7.77. The van der Waals surface area contributed by atoms with E-state index in [1.807, 2.05) is 0 Å². The van der Waals surface area contributed by atoms with E-state index in [2.05, 4.69) is 36.5 Å². The Morgan fingerprint density at radius 1 is 1.37 bits per heavy atom. The van der Waals surface area contributed by atoms with Crippen LogP contribution in [0.5, 0.6) is 0 Å². The lowest BCUT2D eigenvalue weighted by molar-refractivity contribution is -0.0479. The summed E-state index contributed by atoms with van der Waals surface area (Å²) in [5, 5.41) is 14.6. The van der Waals surface area contributed by atoms with Gasteiger partial charge >= 0.3 is 0 Å². The molecule has 3 rings (SSSR count). The van der Waals surface area contributed by atoms with Crippen LogP contribution in [0.25, 0.3) is 0 Å². The molecule has 0 bridgehead atoms. The second-order valence-corrected chi connectivity index (χ2v) is 6.24. The first-order chi connectivity index (χ1) is 9.24. The molecular formula is C17H25NO. The second-order valence-electron chi connectivity index (χ2n) is 6.24. The lowest BCUT2D eigenvalue weighted by Crippen LogP contribution is -2.47. The van der Waals surface area contributed by atoms with E-state index < -0.39 is 5.60 Å². The maximum Gasteiger partial charge on any atom is 0.0948 e. The van der Waals surface area contributed by atoms with E-state index in [9.17, 15) is 5.11 Å². The number of nitrogens with one attached hydrogen (secondary N) is 1.